The minimum atomic E-state index is 0.582. The Balaban J connectivity index is 2.21. The third-order valence-corrected chi connectivity index (χ3v) is 4.22. The first-order valence-electron chi connectivity index (χ1n) is 5.97. The van der Waals surface area contributed by atoms with Gasteiger partial charge in [-0.3, -0.25) is 0 Å². The lowest BCUT2D eigenvalue weighted by Crippen LogP contribution is -2.55. The number of piperazine rings is 1. The summed E-state index contributed by atoms with van der Waals surface area (Å²) in [7, 11) is 0. The second kappa shape index (κ2) is 5.36. The molecule has 0 bridgehead atoms. The molecular formula is C13H19IN2. The predicted molar refractivity (Wildman–Crippen MR) is 78.0 cm³/mol. The average Bonchev–Trinajstić information content (AvgIpc) is 2.31. The van der Waals surface area contributed by atoms with Crippen molar-refractivity contribution in [3.63, 3.8) is 0 Å². The molecule has 0 aromatic heterocycles. The van der Waals surface area contributed by atoms with E-state index in [1.54, 1.807) is 0 Å². The topological polar surface area (TPSA) is 15.3 Å². The summed E-state index contributed by atoms with van der Waals surface area (Å²) >= 11 is 2.43. The van der Waals surface area contributed by atoms with Crippen LogP contribution in [0, 0.1) is 3.57 Å². The first-order valence-corrected chi connectivity index (χ1v) is 7.04. The molecule has 1 aromatic rings. The summed E-state index contributed by atoms with van der Waals surface area (Å²) in [6.45, 7) is 6.75. The predicted octanol–water partition coefficient (Wildman–Crippen LogP) is 2.87. The molecule has 2 rings (SSSR count). The van der Waals surface area contributed by atoms with E-state index < -0.39 is 0 Å². The van der Waals surface area contributed by atoms with Crippen molar-refractivity contribution in [1.29, 1.82) is 0 Å². The summed E-state index contributed by atoms with van der Waals surface area (Å²) < 4.78 is 1.35. The summed E-state index contributed by atoms with van der Waals surface area (Å²) in [5.74, 6) is 0. The number of para-hydroxylation sites is 1. The fourth-order valence-corrected chi connectivity index (χ4v) is 2.92. The van der Waals surface area contributed by atoms with E-state index >= 15 is 0 Å². The molecule has 1 N–H and O–H groups in total. The van der Waals surface area contributed by atoms with Crippen molar-refractivity contribution in [2.45, 2.75) is 32.4 Å². The van der Waals surface area contributed by atoms with E-state index in [-0.39, 0.29) is 0 Å². The van der Waals surface area contributed by atoms with Gasteiger partial charge in [-0.1, -0.05) is 19.1 Å². The number of benzene rings is 1. The molecule has 0 amide bonds. The van der Waals surface area contributed by atoms with Gasteiger partial charge in [-0.05, 0) is 48.1 Å². The van der Waals surface area contributed by atoms with Crippen molar-refractivity contribution < 1.29 is 0 Å². The van der Waals surface area contributed by atoms with Crippen molar-refractivity contribution in [2.24, 2.45) is 0 Å². The molecule has 1 heterocycles. The Morgan fingerprint density at radius 3 is 2.88 bits per heavy atom. The molecule has 2 atom stereocenters. The molecule has 1 aliphatic heterocycles. The van der Waals surface area contributed by atoms with Gasteiger partial charge < -0.3 is 10.2 Å². The molecule has 88 valence electrons. The lowest BCUT2D eigenvalue weighted by molar-refractivity contribution is 0.397. The molecular weight excluding hydrogens is 311 g/mol. The highest BCUT2D eigenvalue weighted by atomic mass is 127. The van der Waals surface area contributed by atoms with Crippen LogP contribution in [-0.2, 0) is 0 Å². The smallest absolute Gasteiger partial charge is 0.0505 e. The Hall–Kier alpha value is -0.290. The maximum atomic E-state index is 3.59. The van der Waals surface area contributed by atoms with E-state index in [0.717, 1.165) is 13.1 Å². The normalized spacial score (nSPS) is 25.8. The number of rotatable bonds is 2. The highest BCUT2D eigenvalue weighted by molar-refractivity contribution is 14.1. The van der Waals surface area contributed by atoms with E-state index in [1.165, 1.54) is 15.7 Å². The molecule has 0 saturated carbocycles. The van der Waals surface area contributed by atoms with Gasteiger partial charge in [0.25, 0.3) is 0 Å². The van der Waals surface area contributed by atoms with Crippen LogP contribution in [-0.4, -0.2) is 25.2 Å². The van der Waals surface area contributed by atoms with Crippen molar-refractivity contribution in [1.82, 2.24) is 5.32 Å². The molecule has 1 aliphatic rings. The third-order valence-electron chi connectivity index (χ3n) is 3.31. The Bertz CT molecular complexity index is 354. The lowest BCUT2D eigenvalue weighted by atomic mass is 10.1. The van der Waals surface area contributed by atoms with Gasteiger partial charge in [-0.15, -0.1) is 0 Å². The SMILES string of the molecule is CCC1CN(c2ccccc2I)C(C)CN1. The highest BCUT2D eigenvalue weighted by Gasteiger charge is 2.24. The molecule has 1 saturated heterocycles. The molecule has 1 aromatic carbocycles. The van der Waals surface area contributed by atoms with Crippen LogP contribution in [0.4, 0.5) is 5.69 Å². The zero-order valence-corrected chi connectivity index (χ0v) is 12.1. The minimum absolute atomic E-state index is 0.582. The van der Waals surface area contributed by atoms with Gasteiger partial charge in [0, 0.05) is 28.7 Å². The largest absolute Gasteiger partial charge is 0.365 e. The van der Waals surface area contributed by atoms with E-state index in [0.29, 0.717) is 12.1 Å². The number of anilines is 1. The fraction of sp³-hybridized carbons (Fsp3) is 0.538. The summed E-state index contributed by atoms with van der Waals surface area (Å²) in [5.41, 5.74) is 1.38. The van der Waals surface area contributed by atoms with Crippen LogP contribution in [0.5, 0.6) is 0 Å². The zero-order valence-electron chi connectivity index (χ0n) is 9.91. The Morgan fingerprint density at radius 2 is 2.19 bits per heavy atom. The van der Waals surface area contributed by atoms with Gasteiger partial charge in [0.05, 0.1) is 5.69 Å². The molecule has 0 radical (unpaired) electrons. The Labute approximate surface area is 112 Å². The summed E-state index contributed by atoms with van der Waals surface area (Å²) in [5, 5.41) is 3.59. The maximum absolute atomic E-state index is 3.59. The highest BCUT2D eigenvalue weighted by Crippen LogP contribution is 2.25. The van der Waals surface area contributed by atoms with Gasteiger partial charge in [-0.25, -0.2) is 0 Å². The van der Waals surface area contributed by atoms with Crippen LogP contribution in [0.1, 0.15) is 20.3 Å². The number of halogens is 1. The zero-order chi connectivity index (χ0) is 11.5. The first kappa shape index (κ1) is 12.2. The second-order valence-corrected chi connectivity index (χ2v) is 5.63. The van der Waals surface area contributed by atoms with Crippen LogP contribution in [0.25, 0.3) is 0 Å². The Kier molecular flexibility index (Phi) is 4.08. The third kappa shape index (κ3) is 2.51. The van der Waals surface area contributed by atoms with Crippen LogP contribution < -0.4 is 10.2 Å². The quantitative estimate of drug-likeness (QED) is 0.839. The maximum Gasteiger partial charge on any atom is 0.0505 e. The molecule has 3 heteroatoms. The number of hydrogen-bond acceptors (Lipinski definition) is 2. The van der Waals surface area contributed by atoms with Gasteiger partial charge in [0.15, 0.2) is 0 Å². The van der Waals surface area contributed by atoms with Gasteiger partial charge in [-0.2, -0.15) is 0 Å². The average molecular weight is 330 g/mol. The summed E-state index contributed by atoms with van der Waals surface area (Å²) in [6.07, 6.45) is 1.20. The standard InChI is InChI=1S/C13H19IN2/c1-3-11-9-16(10(2)8-15-11)13-7-5-4-6-12(13)14/h4-7,10-11,15H,3,8-9H2,1-2H3. The van der Waals surface area contributed by atoms with Crippen molar-refractivity contribution in [3.8, 4) is 0 Å². The number of nitrogens with zero attached hydrogens (tertiary/aromatic N) is 1. The van der Waals surface area contributed by atoms with Crippen LogP contribution >= 0.6 is 22.6 Å². The molecule has 2 unspecified atom stereocenters. The van der Waals surface area contributed by atoms with Gasteiger partial charge >= 0.3 is 0 Å². The first-order chi connectivity index (χ1) is 7.72. The van der Waals surface area contributed by atoms with E-state index in [4.69, 9.17) is 0 Å². The van der Waals surface area contributed by atoms with Gasteiger partial charge in [0.1, 0.15) is 0 Å². The monoisotopic (exact) mass is 330 g/mol. The molecule has 1 fully saturated rings. The second-order valence-electron chi connectivity index (χ2n) is 4.47. The van der Waals surface area contributed by atoms with E-state index in [2.05, 4.69) is 70.9 Å². The van der Waals surface area contributed by atoms with E-state index in [1.807, 2.05) is 0 Å². The summed E-state index contributed by atoms with van der Waals surface area (Å²) in [6, 6.07) is 9.87. The van der Waals surface area contributed by atoms with Gasteiger partial charge in [0.2, 0.25) is 0 Å². The van der Waals surface area contributed by atoms with Crippen molar-refractivity contribution in [3.05, 3.63) is 27.8 Å². The van der Waals surface area contributed by atoms with Crippen molar-refractivity contribution in [2.75, 3.05) is 18.0 Å². The minimum Gasteiger partial charge on any atom is -0.365 e. The molecule has 2 nitrogen and oxygen atoms in total. The van der Waals surface area contributed by atoms with Crippen LogP contribution in [0.15, 0.2) is 24.3 Å². The van der Waals surface area contributed by atoms with Crippen LogP contribution in [0.3, 0.4) is 0 Å². The molecule has 0 spiro atoms. The van der Waals surface area contributed by atoms with Crippen molar-refractivity contribution >= 4 is 28.3 Å². The summed E-state index contributed by atoms with van der Waals surface area (Å²) in [4.78, 5) is 2.53. The molecule has 16 heavy (non-hydrogen) atoms. The van der Waals surface area contributed by atoms with Crippen LogP contribution in [0.2, 0.25) is 0 Å². The molecule has 0 aliphatic carbocycles. The Morgan fingerprint density at radius 1 is 1.44 bits per heavy atom. The van der Waals surface area contributed by atoms with E-state index in [9.17, 15) is 0 Å². The fourth-order valence-electron chi connectivity index (χ4n) is 2.22. The lowest BCUT2D eigenvalue weighted by Gasteiger charge is -2.40. The number of hydrogen-bond donors (Lipinski definition) is 1. The number of nitrogens with one attached hydrogen (secondary N) is 1.